The summed E-state index contributed by atoms with van der Waals surface area (Å²) in [5.74, 6) is 1.50. The number of thiophene rings is 1. The molecule has 3 rings (SSSR count). The van der Waals surface area contributed by atoms with Crippen molar-refractivity contribution in [3.8, 4) is 16.5 Å². The van der Waals surface area contributed by atoms with Gasteiger partial charge in [0, 0.05) is 0 Å². The second-order valence-corrected chi connectivity index (χ2v) is 7.20. The Balaban J connectivity index is 1.71. The van der Waals surface area contributed by atoms with Gasteiger partial charge in [-0.1, -0.05) is 17.7 Å². The molecule has 0 saturated heterocycles. The number of benzene rings is 1. The molecule has 0 bridgehead atoms. The van der Waals surface area contributed by atoms with E-state index in [-0.39, 0.29) is 6.61 Å². The molecule has 0 radical (unpaired) electrons. The summed E-state index contributed by atoms with van der Waals surface area (Å²) >= 11 is 11.0. The smallest absolute Gasteiger partial charge is 0.257 e. The molecule has 1 aromatic carbocycles. The summed E-state index contributed by atoms with van der Waals surface area (Å²) in [6.45, 7) is 2.16. The van der Waals surface area contributed by atoms with Crippen molar-refractivity contribution in [3.05, 3.63) is 50.6 Å². The highest BCUT2D eigenvalue weighted by molar-refractivity contribution is 9.11. The molecule has 7 heteroatoms. The molecule has 4 nitrogen and oxygen atoms in total. The Bertz CT molecular complexity index is 772. The Kier molecular flexibility index (Phi) is 4.28. The van der Waals surface area contributed by atoms with Gasteiger partial charge in [0.25, 0.3) is 11.8 Å². The average Bonchev–Trinajstić information content (AvgIpc) is 3.08. The van der Waals surface area contributed by atoms with Gasteiger partial charge in [0.05, 0.1) is 13.7 Å². The summed E-state index contributed by atoms with van der Waals surface area (Å²) in [5.41, 5.74) is 1.07. The molecule has 0 spiro atoms. The molecule has 0 N–H and O–H groups in total. The number of aromatic nitrogens is 2. The van der Waals surface area contributed by atoms with E-state index in [1.807, 2.05) is 31.2 Å². The van der Waals surface area contributed by atoms with E-state index < -0.39 is 0 Å². The fourth-order valence-corrected chi connectivity index (χ4v) is 3.18. The maximum absolute atomic E-state index is 6.07. The van der Waals surface area contributed by atoms with Gasteiger partial charge in [-0.3, -0.25) is 0 Å². The van der Waals surface area contributed by atoms with E-state index in [9.17, 15) is 0 Å². The lowest BCUT2D eigenvalue weighted by atomic mass is 10.2. The van der Waals surface area contributed by atoms with E-state index in [4.69, 9.17) is 20.8 Å². The molecule has 0 saturated carbocycles. The van der Waals surface area contributed by atoms with Crippen LogP contribution >= 0.6 is 38.9 Å². The lowest BCUT2D eigenvalue weighted by Crippen LogP contribution is -1.96. The Morgan fingerprint density at radius 1 is 1.29 bits per heavy atom. The third-order valence-corrected chi connectivity index (χ3v) is 4.61. The number of nitrogens with zero attached hydrogens (tertiary/aromatic N) is 2. The normalized spacial score (nSPS) is 10.8. The van der Waals surface area contributed by atoms with E-state index in [0.717, 1.165) is 14.2 Å². The van der Waals surface area contributed by atoms with Crippen molar-refractivity contribution in [1.82, 2.24) is 10.2 Å². The Morgan fingerprint density at radius 2 is 2.14 bits per heavy atom. The van der Waals surface area contributed by atoms with Gasteiger partial charge < -0.3 is 9.15 Å². The van der Waals surface area contributed by atoms with Gasteiger partial charge in [0.2, 0.25) is 0 Å². The summed E-state index contributed by atoms with van der Waals surface area (Å²) in [6, 6.07) is 9.45. The van der Waals surface area contributed by atoms with Crippen molar-refractivity contribution in [3.63, 3.8) is 0 Å². The predicted molar refractivity (Wildman–Crippen MR) is 85.8 cm³/mol. The lowest BCUT2D eigenvalue weighted by Gasteiger charge is -2.06. The van der Waals surface area contributed by atoms with Crippen molar-refractivity contribution in [2.45, 2.75) is 13.5 Å². The zero-order valence-electron chi connectivity index (χ0n) is 11.0. The molecule has 0 aliphatic heterocycles. The van der Waals surface area contributed by atoms with Crippen LogP contribution in [0.5, 0.6) is 5.75 Å². The van der Waals surface area contributed by atoms with Crippen LogP contribution in [0.15, 0.2) is 38.5 Å². The number of hydrogen-bond donors (Lipinski definition) is 0. The van der Waals surface area contributed by atoms with E-state index in [2.05, 4.69) is 26.1 Å². The van der Waals surface area contributed by atoms with Gasteiger partial charge in [0.1, 0.15) is 5.75 Å². The minimum absolute atomic E-state index is 0.183. The van der Waals surface area contributed by atoms with Crippen LogP contribution in [0.3, 0.4) is 0 Å². The molecule has 0 aliphatic carbocycles. The zero-order chi connectivity index (χ0) is 14.8. The van der Waals surface area contributed by atoms with Crippen LogP contribution in [0.4, 0.5) is 0 Å². The number of hydrogen-bond acceptors (Lipinski definition) is 5. The summed E-state index contributed by atoms with van der Waals surface area (Å²) in [5, 5.41) is 8.55. The molecule has 0 fully saturated rings. The lowest BCUT2D eigenvalue weighted by molar-refractivity contribution is 0.264. The Morgan fingerprint density at radius 3 is 2.90 bits per heavy atom. The quantitative estimate of drug-likeness (QED) is 0.627. The van der Waals surface area contributed by atoms with Gasteiger partial charge in [-0.15, -0.1) is 21.5 Å². The largest absolute Gasteiger partial charge is 0.482 e. The summed E-state index contributed by atoms with van der Waals surface area (Å²) in [6.07, 6.45) is 0. The van der Waals surface area contributed by atoms with Gasteiger partial charge >= 0.3 is 0 Å². The van der Waals surface area contributed by atoms with Gasteiger partial charge in [0.15, 0.2) is 6.61 Å². The van der Waals surface area contributed by atoms with Crippen LogP contribution in [-0.2, 0) is 6.61 Å². The zero-order valence-corrected chi connectivity index (χ0v) is 14.1. The van der Waals surface area contributed by atoms with E-state index in [0.29, 0.717) is 22.6 Å². The SMILES string of the molecule is Cc1ccc(Cl)c(OCc2nnc(-c3ccc(Br)s3)o2)c1. The maximum Gasteiger partial charge on any atom is 0.257 e. The molecule has 0 unspecified atom stereocenters. The summed E-state index contributed by atoms with van der Waals surface area (Å²) in [7, 11) is 0. The molecule has 0 atom stereocenters. The molecule has 3 aromatic rings. The highest BCUT2D eigenvalue weighted by Crippen LogP contribution is 2.31. The molecule has 0 aliphatic rings. The third kappa shape index (κ3) is 3.45. The number of halogens is 2. The van der Waals surface area contributed by atoms with Crippen LogP contribution in [0.25, 0.3) is 10.8 Å². The monoisotopic (exact) mass is 384 g/mol. The maximum atomic E-state index is 6.07. The van der Waals surface area contributed by atoms with Crippen LogP contribution in [0.1, 0.15) is 11.5 Å². The average molecular weight is 386 g/mol. The van der Waals surface area contributed by atoms with Gasteiger partial charge in [-0.2, -0.15) is 0 Å². The van der Waals surface area contributed by atoms with E-state index in [1.54, 1.807) is 6.07 Å². The molecular formula is C14H10BrClN2O2S. The molecule has 0 amide bonds. The highest BCUT2D eigenvalue weighted by atomic mass is 79.9. The van der Waals surface area contributed by atoms with Crippen LogP contribution in [0.2, 0.25) is 5.02 Å². The number of rotatable bonds is 4. The molecule has 21 heavy (non-hydrogen) atoms. The second-order valence-electron chi connectivity index (χ2n) is 4.33. The molecule has 2 aromatic heterocycles. The number of aryl methyl sites for hydroxylation is 1. The first kappa shape index (κ1) is 14.6. The summed E-state index contributed by atoms with van der Waals surface area (Å²) < 4.78 is 12.2. The minimum atomic E-state index is 0.183. The van der Waals surface area contributed by atoms with Crippen LogP contribution in [-0.4, -0.2) is 10.2 Å². The van der Waals surface area contributed by atoms with Crippen molar-refractivity contribution in [1.29, 1.82) is 0 Å². The fourth-order valence-electron chi connectivity index (χ4n) is 1.70. The Labute approximate surface area is 138 Å². The van der Waals surface area contributed by atoms with E-state index in [1.165, 1.54) is 11.3 Å². The third-order valence-electron chi connectivity index (χ3n) is 2.69. The first-order valence-electron chi connectivity index (χ1n) is 6.09. The van der Waals surface area contributed by atoms with Crippen molar-refractivity contribution in [2.75, 3.05) is 0 Å². The Hall–Kier alpha value is -1.37. The van der Waals surface area contributed by atoms with Crippen molar-refractivity contribution in [2.24, 2.45) is 0 Å². The first-order valence-corrected chi connectivity index (χ1v) is 8.07. The second kappa shape index (κ2) is 6.17. The van der Waals surface area contributed by atoms with E-state index >= 15 is 0 Å². The topological polar surface area (TPSA) is 48.2 Å². The highest BCUT2D eigenvalue weighted by Gasteiger charge is 2.12. The fraction of sp³-hybridized carbons (Fsp3) is 0.143. The molecule has 108 valence electrons. The first-order chi connectivity index (χ1) is 10.1. The van der Waals surface area contributed by atoms with Crippen molar-refractivity contribution >= 4 is 38.9 Å². The minimum Gasteiger partial charge on any atom is -0.482 e. The standard InChI is InChI=1S/C14H10BrClN2O2S/c1-8-2-3-9(16)10(6-8)19-7-13-17-18-14(20-13)11-4-5-12(15)21-11/h2-6H,7H2,1H3. The molecule has 2 heterocycles. The number of ether oxygens (including phenoxy) is 1. The molecular weight excluding hydrogens is 376 g/mol. The van der Waals surface area contributed by atoms with Crippen LogP contribution in [0, 0.1) is 6.92 Å². The summed E-state index contributed by atoms with van der Waals surface area (Å²) in [4.78, 5) is 0.911. The van der Waals surface area contributed by atoms with Crippen LogP contribution < -0.4 is 4.74 Å². The van der Waals surface area contributed by atoms with Gasteiger partial charge in [-0.25, -0.2) is 0 Å². The van der Waals surface area contributed by atoms with Crippen molar-refractivity contribution < 1.29 is 9.15 Å². The predicted octanol–water partition coefficient (Wildman–Crippen LogP) is 5.10. The van der Waals surface area contributed by atoms with Gasteiger partial charge in [-0.05, 0) is 52.7 Å².